The van der Waals surface area contributed by atoms with Crippen LogP contribution < -0.4 is 0 Å². The van der Waals surface area contributed by atoms with Crippen molar-refractivity contribution in [1.82, 2.24) is 0 Å². The SMILES string of the molecule is CCCCC/C=C/C/C=C/C/C=C/C/C=C/C/C=C/CCC(=O)OC[C@@H](CO[C@H]1O[C@@H](CO)[C@@H](O)C(O)C1O)OC(=O)CCCC/C=C/C/C=C/CCCCCCCC. The standard InChI is InChI=1S/C49H80O10/c1-3-5-7-9-11-13-15-17-19-20-21-22-24-25-27-29-31-33-35-37-44(51)56-40-42(41-57-49-48(55)47(54)46(53)43(39-50)59-49)58-45(52)38-36-34-32-30-28-26-23-18-16-14-12-10-8-6-4-2/h11,13,17-19,21-23,25,27-28,30-31,33,42-43,46-50,53-55H,3-10,12,14-16,20,24,26,29,32,34-41H2,1-2H3/b13-11+,19-17+,22-21+,23-18+,27-25+,30-28+,33-31+/t42-,43-,46+,47?,48?,49-/m0/s1. The minimum absolute atomic E-state index is 0.141. The van der Waals surface area contributed by atoms with Gasteiger partial charge in [-0.25, -0.2) is 0 Å². The van der Waals surface area contributed by atoms with Crippen LogP contribution in [0.3, 0.4) is 0 Å². The summed E-state index contributed by atoms with van der Waals surface area (Å²) >= 11 is 0. The Morgan fingerprint density at radius 2 is 0.983 bits per heavy atom. The molecule has 2 unspecified atom stereocenters. The maximum Gasteiger partial charge on any atom is 0.306 e. The van der Waals surface area contributed by atoms with Crippen LogP contribution in [-0.2, 0) is 28.5 Å². The Labute approximate surface area is 356 Å². The number of rotatable bonds is 36. The van der Waals surface area contributed by atoms with Gasteiger partial charge in [0.05, 0.1) is 13.2 Å². The second-order valence-corrected chi connectivity index (χ2v) is 15.1. The summed E-state index contributed by atoms with van der Waals surface area (Å²) in [6, 6.07) is 0. The van der Waals surface area contributed by atoms with Gasteiger partial charge in [-0.1, -0.05) is 144 Å². The number of carbonyl (C=O) groups is 2. The fourth-order valence-electron chi connectivity index (χ4n) is 6.14. The van der Waals surface area contributed by atoms with Crippen molar-refractivity contribution in [2.75, 3.05) is 19.8 Å². The van der Waals surface area contributed by atoms with E-state index in [0.717, 1.165) is 51.4 Å². The van der Waals surface area contributed by atoms with Crippen molar-refractivity contribution in [1.29, 1.82) is 0 Å². The second-order valence-electron chi connectivity index (χ2n) is 15.1. The van der Waals surface area contributed by atoms with Crippen molar-refractivity contribution in [3.8, 4) is 0 Å². The number of aliphatic hydroxyl groups excluding tert-OH is 4. The van der Waals surface area contributed by atoms with Crippen molar-refractivity contribution in [2.45, 2.75) is 192 Å². The largest absolute Gasteiger partial charge is 0.462 e. The molecule has 0 aromatic heterocycles. The Bertz CT molecular complexity index is 1230. The third kappa shape index (κ3) is 30.5. The molecule has 1 fully saturated rings. The van der Waals surface area contributed by atoms with E-state index < -0.39 is 55.4 Å². The highest BCUT2D eigenvalue weighted by Crippen LogP contribution is 2.22. The van der Waals surface area contributed by atoms with E-state index in [-0.39, 0.29) is 26.1 Å². The van der Waals surface area contributed by atoms with Gasteiger partial charge in [-0.15, -0.1) is 0 Å². The smallest absolute Gasteiger partial charge is 0.306 e. The molecule has 1 heterocycles. The maximum atomic E-state index is 12.7. The van der Waals surface area contributed by atoms with Gasteiger partial charge in [0, 0.05) is 12.8 Å². The molecule has 59 heavy (non-hydrogen) atoms. The normalized spacial score (nSPS) is 20.8. The molecule has 0 spiro atoms. The lowest BCUT2D eigenvalue weighted by molar-refractivity contribution is -0.305. The number of unbranched alkanes of at least 4 members (excludes halogenated alkanes) is 11. The fraction of sp³-hybridized carbons (Fsp3) is 0.673. The number of carbonyl (C=O) groups excluding carboxylic acids is 2. The second kappa shape index (κ2) is 39.0. The molecule has 0 amide bonds. The third-order valence-electron chi connectivity index (χ3n) is 9.77. The molecule has 0 bridgehead atoms. The van der Waals surface area contributed by atoms with E-state index in [1.807, 2.05) is 12.2 Å². The van der Waals surface area contributed by atoms with E-state index in [0.29, 0.717) is 12.8 Å². The lowest BCUT2D eigenvalue weighted by Gasteiger charge is -2.39. The molecule has 10 heteroatoms. The molecule has 1 rings (SSSR count). The van der Waals surface area contributed by atoms with Gasteiger partial charge in [-0.3, -0.25) is 9.59 Å². The first-order valence-corrected chi connectivity index (χ1v) is 22.7. The molecule has 0 radical (unpaired) electrons. The summed E-state index contributed by atoms with van der Waals surface area (Å²) in [7, 11) is 0. The predicted octanol–water partition coefficient (Wildman–Crippen LogP) is 9.77. The average Bonchev–Trinajstić information content (AvgIpc) is 3.23. The topological polar surface area (TPSA) is 152 Å². The molecular formula is C49H80O10. The van der Waals surface area contributed by atoms with Crippen LogP contribution in [0, 0.1) is 0 Å². The van der Waals surface area contributed by atoms with Crippen LogP contribution in [0.1, 0.15) is 155 Å². The van der Waals surface area contributed by atoms with E-state index >= 15 is 0 Å². The summed E-state index contributed by atoms with van der Waals surface area (Å²) in [6.45, 7) is 3.26. The molecule has 1 aliphatic rings. The van der Waals surface area contributed by atoms with E-state index in [1.165, 1.54) is 64.2 Å². The number of allylic oxidation sites excluding steroid dienone is 14. The summed E-state index contributed by atoms with van der Waals surface area (Å²) in [4.78, 5) is 25.3. The predicted molar refractivity (Wildman–Crippen MR) is 237 cm³/mol. The molecule has 1 aliphatic heterocycles. The lowest BCUT2D eigenvalue weighted by atomic mass is 9.99. The van der Waals surface area contributed by atoms with Crippen molar-refractivity contribution in [3.63, 3.8) is 0 Å². The van der Waals surface area contributed by atoms with Gasteiger partial charge < -0.3 is 39.4 Å². The average molecular weight is 829 g/mol. The summed E-state index contributed by atoms with van der Waals surface area (Å²) < 4.78 is 22.0. The molecule has 1 saturated heterocycles. The highest BCUT2D eigenvalue weighted by Gasteiger charge is 2.44. The first-order chi connectivity index (χ1) is 28.8. The Hall–Kier alpha value is -3.12. The minimum atomic E-state index is -1.62. The molecule has 0 aliphatic carbocycles. The van der Waals surface area contributed by atoms with Crippen LogP contribution in [-0.4, -0.2) is 89.0 Å². The Morgan fingerprint density at radius 1 is 0.525 bits per heavy atom. The first kappa shape index (κ1) is 53.9. The van der Waals surface area contributed by atoms with Crippen LogP contribution in [0.25, 0.3) is 0 Å². The lowest BCUT2D eigenvalue weighted by Crippen LogP contribution is -2.59. The Kier molecular flexibility index (Phi) is 35.7. The third-order valence-corrected chi connectivity index (χ3v) is 9.77. The number of hydrogen-bond donors (Lipinski definition) is 4. The molecule has 0 aromatic rings. The summed E-state index contributed by atoms with van der Waals surface area (Å²) in [5, 5.41) is 40.1. The Morgan fingerprint density at radius 3 is 1.53 bits per heavy atom. The van der Waals surface area contributed by atoms with Crippen LogP contribution >= 0.6 is 0 Å². The Balaban J connectivity index is 2.42. The van der Waals surface area contributed by atoms with Gasteiger partial charge in [0.25, 0.3) is 0 Å². The van der Waals surface area contributed by atoms with Crippen molar-refractivity contribution >= 4 is 11.9 Å². The fourth-order valence-corrected chi connectivity index (χ4v) is 6.14. The zero-order valence-corrected chi connectivity index (χ0v) is 36.5. The molecule has 336 valence electrons. The monoisotopic (exact) mass is 829 g/mol. The quantitative estimate of drug-likeness (QED) is 0.0273. The first-order valence-electron chi connectivity index (χ1n) is 22.7. The number of ether oxygens (including phenoxy) is 4. The van der Waals surface area contributed by atoms with Crippen LogP contribution in [0.15, 0.2) is 85.1 Å². The van der Waals surface area contributed by atoms with Crippen LogP contribution in [0.5, 0.6) is 0 Å². The summed E-state index contributed by atoms with van der Waals surface area (Å²) in [6.07, 6.45) is 43.2. The van der Waals surface area contributed by atoms with E-state index in [1.54, 1.807) is 0 Å². The molecule has 10 nitrogen and oxygen atoms in total. The van der Waals surface area contributed by atoms with Crippen LogP contribution in [0.2, 0.25) is 0 Å². The molecule has 4 N–H and O–H groups in total. The molecule has 6 atom stereocenters. The highest BCUT2D eigenvalue weighted by molar-refractivity contribution is 5.70. The van der Waals surface area contributed by atoms with Gasteiger partial charge in [0.1, 0.15) is 31.0 Å². The maximum absolute atomic E-state index is 12.7. The number of aliphatic hydroxyl groups is 4. The van der Waals surface area contributed by atoms with Crippen molar-refractivity contribution < 1.29 is 49.0 Å². The summed E-state index contributed by atoms with van der Waals surface area (Å²) in [5.41, 5.74) is 0. The summed E-state index contributed by atoms with van der Waals surface area (Å²) in [5.74, 6) is -0.949. The van der Waals surface area contributed by atoms with Gasteiger partial charge in [0.15, 0.2) is 12.4 Å². The number of hydrogen-bond acceptors (Lipinski definition) is 10. The number of esters is 2. The zero-order chi connectivity index (χ0) is 43.0. The minimum Gasteiger partial charge on any atom is -0.462 e. The van der Waals surface area contributed by atoms with Crippen LogP contribution in [0.4, 0.5) is 0 Å². The van der Waals surface area contributed by atoms with Crippen molar-refractivity contribution in [2.24, 2.45) is 0 Å². The molecule has 0 saturated carbocycles. The van der Waals surface area contributed by atoms with E-state index in [2.05, 4.69) is 86.8 Å². The van der Waals surface area contributed by atoms with Gasteiger partial charge >= 0.3 is 11.9 Å². The van der Waals surface area contributed by atoms with Crippen molar-refractivity contribution in [3.05, 3.63) is 85.1 Å². The zero-order valence-electron chi connectivity index (χ0n) is 36.5. The van der Waals surface area contributed by atoms with Gasteiger partial charge in [-0.2, -0.15) is 0 Å². The molecule has 0 aromatic carbocycles. The van der Waals surface area contributed by atoms with Gasteiger partial charge in [-0.05, 0) is 83.5 Å². The van der Waals surface area contributed by atoms with E-state index in [9.17, 15) is 30.0 Å². The highest BCUT2D eigenvalue weighted by atomic mass is 16.7. The molecular weight excluding hydrogens is 749 g/mol. The van der Waals surface area contributed by atoms with E-state index in [4.69, 9.17) is 18.9 Å². The van der Waals surface area contributed by atoms with Gasteiger partial charge in [0.2, 0.25) is 0 Å².